The molecule has 0 fully saturated rings. The molecule has 0 aromatic heterocycles. The van der Waals surface area contributed by atoms with Crippen LogP contribution in [0.25, 0.3) is 0 Å². The van der Waals surface area contributed by atoms with Gasteiger partial charge in [0.05, 0.1) is 7.11 Å². The first kappa shape index (κ1) is 16.1. The summed E-state index contributed by atoms with van der Waals surface area (Å²) in [4.78, 5) is 12.5. The maximum atomic E-state index is 14.7. The molecular weight excluding hydrogens is 288 g/mol. The second kappa shape index (κ2) is 6.66. The lowest BCUT2D eigenvalue weighted by molar-refractivity contribution is 0.103. The van der Waals surface area contributed by atoms with Crippen molar-refractivity contribution in [2.75, 3.05) is 7.11 Å². The lowest BCUT2D eigenvalue weighted by Gasteiger charge is -2.15. The van der Waals surface area contributed by atoms with Gasteiger partial charge in [-0.05, 0) is 36.8 Å². The lowest BCUT2D eigenvalue weighted by Crippen LogP contribution is -2.15. The summed E-state index contributed by atoms with van der Waals surface area (Å²) in [6.07, 6.45) is 0.535. The third-order valence-electron chi connectivity index (χ3n) is 3.53. The summed E-state index contributed by atoms with van der Waals surface area (Å²) < 4.78 is 32.8. The van der Waals surface area contributed by atoms with Crippen LogP contribution < -0.4 is 10.5 Å². The molecule has 22 heavy (non-hydrogen) atoms. The standard InChI is InChI=1S/C17H17F2NO2/c1-3-13(20)12-8-9-14(22-2)15(16(12)19)17(21)10-4-6-11(18)7-5-10/h4-9,13H,3,20H2,1-2H3/t13-/m1/s1. The summed E-state index contributed by atoms with van der Waals surface area (Å²) >= 11 is 0. The van der Waals surface area contributed by atoms with Crippen molar-refractivity contribution in [3.05, 3.63) is 64.7 Å². The van der Waals surface area contributed by atoms with Crippen molar-refractivity contribution < 1.29 is 18.3 Å². The number of methoxy groups -OCH3 is 1. The van der Waals surface area contributed by atoms with E-state index in [4.69, 9.17) is 10.5 Å². The fourth-order valence-electron chi connectivity index (χ4n) is 2.21. The van der Waals surface area contributed by atoms with Gasteiger partial charge in [0, 0.05) is 17.2 Å². The Kier molecular flexibility index (Phi) is 4.88. The molecule has 0 aliphatic rings. The number of hydrogen-bond donors (Lipinski definition) is 1. The van der Waals surface area contributed by atoms with E-state index in [1.807, 2.05) is 6.92 Å². The summed E-state index contributed by atoms with van der Waals surface area (Å²) in [5, 5.41) is 0. The Morgan fingerprint density at radius 3 is 2.36 bits per heavy atom. The van der Waals surface area contributed by atoms with Crippen molar-refractivity contribution in [2.24, 2.45) is 5.73 Å². The molecule has 0 spiro atoms. The second-order valence-corrected chi connectivity index (χ2v) is 4.90. The van der Waals surface area contributed by atoms with E-state index in [1.165, 1.54) is 31.4 Å². The molecule has 0 aliphatic heterocycles. The highest BCUT2D eigenvalue weighted by atomic mass is 19.1. The summed E-state index contributed by atoms with van der Waals surface area (Å²) in [5.41, 5.74) is 6.13. The summed E-state index contributed by atoms with van der Waals surface area (Å²) in [6.45, 7) is 1.83. The fourth-order valence-corrected chi connectivity index (χ4v) is 2.21. The Bertz CT molecular complexity index is 684. The highest BCUT2D eigenvalue weighted by Gasteiger charge is 2.24. The first-order valence-electron chi connectivity index (χ1n) is 6.91. The number of rotatable bonds is 5. The van der Waals surface area contributed by atoms with E-state index in [-0.39, 0.29) is 22.4 Å². The van der Waals surface area contributed by atoms with E-state index in [0.29, 0.717) is 6.42 Å². The minimum atomic E-state index is -0.692. The van der Waals surface area contributed by atoms with Crippen LogP contribution in [0.3, 0.4) is 0 Å². The Morgan fingerprint density at radius 1 is 1.18 bits per heavy atom. The summed E-state index contributed by atoms with van der Waals surface area (Å²) in [5.74, 6) is -1.60. The molecule has 0 amide bonds. The molecule has 0 bridgehead atoms. The van der Waals surface area contributed by atoms with Crippen molar-refractivity contribution in [3.8, 4) is 5.75 Å². The maximum Gasteiger partial charge on any atom is 0.199 e. The normalized spacial score (nSPS) is 12.0. The van der Waals surface area contributed by atoms with Crippen LogP contribution in [0.15, 0.2) is 36.4 Å². The minimum Gasteiger partial charge on any atom is -0.496 e. The first-order valence-corrected chi connectivity index (χ1v) is 6.91. The van der Waals surface area contributed by atoms with Crippen LogP contribution in [-0.4, -0.2) is 12.9 Å². The van der Waals surface area contributed by atoms with Gasteiger partial charge in [0.1, 0.15) is 22.9 Å². The van der Waals surface area contributed by atoms with Gasteiger partial charge in [0.2, 0.25) is 0 Å². The minimum absolute atomic E-state index is 0.124. The van der Waals surface area contributed by atoms with Crippen LogP contribution in [0.2, 0.25) is 0 Å². The predicted molar refractivity (Wildman–Crippen MR) is 80.0 cm³/mol. The molecule has 0 saturated carbocycles. The van der Waals surface area contributed by atoms with Crippen molar-refractivity contribution >= 4 is 5.78 Å². The van der Waals surface area contributed by atoms with Crippen LogP contribution in [0.4, 0.5) is 8.78 Å². The molecule has 2 aromatic carbocycles. The van der Waals surface area contributed by atoms with Crippen molar-refractivity contribution in [1.29, 1.82) is 0 Å². The number of ketones is 1. The molecular formula is C17H17F2NO2. The quantitative estimate of drug-likeness (QED) is 0.858. The van der Waals surface area contributed by atoms with Gasteiger partial charge in [0.15, 0.2) is 5.78 Å². The Labute approximate surface area is 127 Å². The highest BCUT2D eigenvalue weighted by molar-refractivity contribution is 6.11. The zero-order valence-corrected chi connectivity index (χ0v) is 12.4. The van der Waals surface area contributed by atoms with E-state index >= 15 is 0 Å². The molecule has 0 radical (unpaired) electrons. The molecule has 3 nitrogen and oxygen atoms in total. The van der Waals surface area contributed by atoms with Crippen molar-refractivity contribution in [1.82, 2.24) is 0 Å². The lowest BCUT2D eigenvalue weighted by atomic mass is 9.96. The van der Waals surface area contributed by atoms with E-state index in [0.717, 1.165) is 12.1 Å². The molecule has 0 aliphatic carbocycles. The number of carbonyl (C=O) groups excluding carboxylic acids is 1. The Balaban J connectivity index is 2.56. The first-order chi connectivity index (χ1) is 10.5. The smallest absolute Gasteiger partial charge is 0.199 e. The average molecular weight is 305 g/mol. The molecule has 0 heterocycles. The van der Waals surface area contributed by atoms with Gasteiger partial charge < -0.3 is 10.5 Å². The van der Waals surface area contributed by atoms with Crippen LogP contribution in [0, 0.1) is 11.6 Å². The maximum absolute atomic E-state index is 14.7. The summed E-state index contributed by atoms with van der Waals surface area (Å²) in [6, 6.07) is 7.45. The molecule has 2 aromatic rings. The summed E-state index contributed by atoms with van der Waals surface area (Å²) in [7, 11) is 1.36. The van der Waals surface area contributed by atoms with Gasteiger partial charge >= 0.3 is 0 Å². The number of carbonyl (C=O) groups is 1. The zero-order valence-electron chi connectivity index (χ0n) is 12.4. The molecule has 1 atom stereocenters. The number of nitrogens with two attached hydrogens (primary N) is 1. The Morgan fingerprint density at radius 2 is 1.82 bits per heavy atom. The second-order valence-electron chi connectivity index (χ2n) is 4.90. The van der Waals surface area contributed by atoms with Gasteiger partial charge in [0.25, 0.3) is 0 Å². The van der Waals surface area contributed by atoms with Crippen LogP contribution in [0.1, 0.15) is 40.9 Å². The van der Waals surface area contributed by atoms with Crippen molar-refractivity contribution in [2.45, 2.75) is 19.4 Å². The fraction of sp³-hybridized carbons (Fsp3) is 0.235. The van der Waals surface area contributed by atoms with E-state index in [1.54, 1.807) is 0 Å². The van der Waals surface area contributed by atoms with Gasteiger partial charge in [-0.25, -0.2) is 8.78 Å². The van der Waals surface area contributed by atoms with Crippen molar-refractivity contribution in [3.63, 3.8) is 0 Å². The zero-order chi connectivity index (χ0) is 16.3. The van der Waals surface area contributed by atoms with E-state index in [9.17, 15) is 13.6 Å². The number of ether oxygens (including phenoxy) is 1. The van der Waals surface area contributed by atoms with Crippen LogP contribution in [-0.2, 0) is 0 Å². The van der Waals surface area contributed by atoms with E-state index in [2.05, 4.69) is 0 Å². The number of benzene rings is 2. The van der Waals surface area contributed by atoms with Gasteiger partial charge in [-0.1, -0.05) is 13.0 Å². The van der Waals surface area contributed by atoms with E-state index < -0.39 is 23.5 Å². The average Bonchev–Trinajstić information content (AvgIpc) is 2.53. The van der Waals surface area contributed by atoms with Gasteiger partial charge in [-0.2, -0.15) is 0 Å². The molecule has 0 unspecified atom stereocenters. The molecule has 5 heteroatoms. The predicted octanol–water partition coefficient (Wildman–Crippen LogP) is 3.61. The molecule has 116 valence electrons. The Hall–Kier alpha value is -2.27. The van der Waals surface area contributed by atoms with Crippen LogP contribution >= 0.6 is 0 Å². The van der Waals surface area contributed by atoms with Gasteiger partial charge in [-0.15, -0.1) is 0 Å². The molecule has 2 rings (SSSR count). The third kappa shape index (κ3) is 2.99. The van der Waals surface area contributed by atoms with Crippen LogP contribution in [0.5, 0.6) is 5.75 Å². The largest absolute Gasteiger partial charge is 0.496 e. The number of halogens is 2. The highest BCUT2D eigenvalue weighted by Crippen LogP contribution is 2.30. The molecule has 2 N–H and O–H groups in total. The third-order valence-corrected chi connectivity index (χ3v) is 3.53. The molecule has 0 saturated heterocycles. The SMILES string of the molecule is CC[C@@H](N)c1ccc(OC)c(C(=O)c2ccc(F)cc2)c1F. The monoisotopic (exact) mass is 305 g/mol. The number of hydrogen-bond acceptors (Lipinski definition) is 3. The van der Waals surface area contributed by atoms with Gasteiger partial charge in [-0.3, -0.25) is 4.79 Å². The topological polar surface area (TPSA) is 52.3 Å².